The Morgan fingerprint density at radius 3 is 2.29 bits per heavy atom. The largest absolute Gasteiger partial charge is 0.459 e. The summed E-state index contributed by atoms with van der Waals surface area (Å²) in [5.41, 5.74) is 0. The smallest absolute Gasteiger partial charge is 0.303 e. The van der Waals surface area contributed by atoms with Gasteiger partial charge in [0.15, 0.2) is 0 Å². The van der Waals surface area contributed by atoms with Crippen molar-refractivity contribution in [1.29, 1.82) is 0 Å². The van der Waals surface area contributed by atoms with Gasteiger partial charge < -0.3 is 9.64 Å². The van der Waals surface area contributed by atoms with Gasteiger partial charge in [0.1, 0.15) is 6.10 Å². The zero-order valence-electron chi connectivity index (χ0n) is 8.75. The fourth-order valence-corrected chi connectivity index (χ4v) is 1.24. The number of esters is 1. The number of hydrogen-bond acceptors (Lipinski definition) is 3. The van der Waals surface area contributed by atoms with E-state index >= 15 is 0 Å². The number of carbonyl (C=O) groups excluding carboxylic acids is 2. The summed E-state index contributed by atoms with van der Waals surface area (Å²) in [6.45, 7) is 5.60. The average Bonchev–Trinajstić information content (AvgIpc) is 2.10. The van der Waals surface area contributed by atoms with Crippen LogP contribution < -0.4 is 0 Å². The maximum absolute atomic E-state index is 11.1. The molecule has 0 saturated carbocycles. The second-order valence-corrected chi connectivity index (χ2v) is 3.25. The third kappa shape index (κ3) is 5.07. The van der Waals surface area contributed by atoms with Gasteiger partial charge in [-0.3, -0.25) is 9.59 Å². The van der Waals surface area contributed by atoms with E-state index in [1.165, 1.54) is 13.8 Å². The molecule has 1 amide bonds. The molecule has 0 N–H and O–H groups in total. The molecule has 4 nitrogen and oxygen atoms in total. The summed E-state index contributed by atoms with van der Waals surface area (Å²) in [5, 5.41) is 0. The van der Waals surface area contributed by atoms with Gasteiger partial charge in [0.25, 0.3) is 0 Å². The number of carbonyl (C=O) groups is 2. The Morgan fingerprint density at radius 1 is 1.43 bits per heavy atom. The van der Waals surface area contributed by atoms with Crippen LogP contribution in [-0.4, -0.2) is 41.8 Å². The van der Waals surface area contributed by atoms with Crippen LogP contribution in [0.2, 0.25) is 0 Å². The Labute approximate surface area is 89.2 Å². The topological polar surface area (TPSA) is 46.6 Å². The van der Waals surface area contributed by atoms with Crippen molar-refractivity contribution < 1.29 is 14.3 Å². The van der Waals surface area contributed by atoms with E-state index < -0.39 is 6.10 Å². The summed E-state index contributed by atoms with van der Waals surface area (Å²) in [7, 11) is 0. The van der Waals surface area contributed by atoms with Crippen LogP contribution in [0.3, 0.4) is 0 Å². The van der Waals surface area contributed by atoms with Crippen LogP contribution in [-0.2, 0) is 14.3 Å². The third-order valence-corrected chi connectivity index (χ3v) is 2.10. The highest BCUT2D eigenvalue weighted by Gasteiger charge is 2.16. The van der Waals surface area contributed by atoms with E-state index in [2.05, 4.69) is 0 Å². The Balaban J connectivity index is 4.13. The predicted molar refractivity (Wildman–Crippen MR) is 54.2 cm³/mol. The minimum Gasteiger partial charge on any atom is -0.459 e. The maximum Gasteiger partial charge on any atom is 0.303 e. The van der Waals surface area contributed by atoms with Gasteiger partial charge in [-0.25, -0.2) is 0 Å². The highest BCUT2D eigenvalue weighted by molar-refractivity contribution is 6.18. The quantitative estimate of drug-likeness (QED) is 0.515. The summed E-state index contributed by atoms with van der Waals surface area (Å²) in [6, 6.07) is 0. The minimum absolute atomic E-state index is 0.0465. The normalized spacial score (nSPS) is 12.0. The van der Waals surface area contributed by atoms with Crippen molar-refractivity contribution in [1.82, 2.24) is 4.90 Å². The van der Waals surface area contributed by atoms with E-state index in [0.29, 0.717) is 13.1 Å². The Kier molecular flexibility index (Phi) is 6.28. The molecule has 0 aliphatic carbocycles. The molecule has 1 atom stereocenters. The molecule has 82 valence electrons. The van der Waals surface area contributed by atoms with Crippen molar-refractivity contribution in [3.8, 4) is 0 Å². The third-order valence-electron chi connectivity index (χ3n) is 1.76. The standard InChI is InChI=1S/C9H16ClNO3/c1-4-11(7(2)12)6-9(5-10)14-8(3)13/h9H,4-6H2,1-3H3. The molecule has 0 saturated heterocycles. The number of alkyl halides is 1. The maximum atomic E-state index is 11.1. The summed E-state index contributed by atoms with van der Waals surface area (Å²) < 4.78 is 4.92. The predicted octanol–water partition coefficient (Wildman–Crippen LogP) is 1.03. The van der Waals surface area contributed by atoms with E-state index in [1.807, 2.05) is 6.92 Å². The molecule has 14 heavy (non-hydrogen) atoms. The van der Waals surface area contributed by atoms with E-state index in [-0.39, 0.29) is 17.8 Å². The molecular formula is C9H16ClNO3. The van der Waals surface area contributed by atoms with Crippen molar-refractivity contribution in [2.75, 3.05) is 19.0 Å². The fraction of sp³-hybridized carbons (Fsp3) is 0.778. The lowest BCUT2D eigenvalue weighted by molar-refractivity contribution is -0.148. The zero-order valence-corrected chi connectivity index (χ0v) is 9.50. The monoisotopic (exact) mass is 221 g/mol. The first-order chi connectivity index (χ1) is 6.51. The number of ether oxygens (including phenoxy) is 1. The molecule has 0 aliphatic rings. The Morgan fingerprint density at radius 2 is 2.00 bits per heavy atom. The SMILES string of the molecule is CCN(CC(CCl)OC(C)=O)C(C)=O. The molecule has 0 radical (unpaired) electrons. The molecule has 5 heteroatoms. The van der Waals surface area contributed by atoms with Crippen LogP contribution >= 0.6 is 11.6 Å². The molecule has 0 fully saturated rings. The highest BCUT2D eigenvalue weighted by atomic mass is 35.5. The number of nitrogens with zero attached hydrogens (tertiary/aromatic N) is 1. The Hall–Kier alpha value is -0.770. The number of rotatable bonds is 5. The Bertz CT molecular complexity index is 208. The van der Waals surface area contributed by atoms with Crippen LogP contribution in [0.1, 0.15) is 20.8 Å². The van der Waals surface area contributed by atoms with Gasteiger partial charge in [0.2, 0.25) is 5.91 Å². The van der Waals surface area contributed by atoms with Crippen molar-refractivity contribution in [2.24, 2.45) is 0 Å². The molecule has 0 aliphatic heterocycles. The van der Waals surface area contributed by atoms with Crippen LogP contribution in [0.5, 0.6) is 0 Å². The van der Waals surface area contributed by atoms with E-state index in [0.717, 1.165) is 0 Å². The van der Waals surface area contributed by atoms with Gasteiger partial charge in [-0.2, -0.15) is 0 Å². The second-order valence-electron chi connectivity index (χ2n) is 2.94. The molecule has 1 unspecified atom stereocenters. The molecule has 0 heterocycles. The van der Waals surface area contributed by atoms with Crippen molar-refractivity contribution in [3.05, 3.63) is 0 Å². The molecule has 0 aromatic heterocycles. The van der Waals surface area contributed by atoms with Crippen molar-refractivity contribution in [3.63, 3.8) is 0 Å². The lowest BCUT2D eigenvalue weighted by atomic mass is 10.3. The first kappa shape index (κ1) is 13.2. The van der Waals surface area contributed by atoms with Crippen LogP contribution in [0.4, 0.5) is 0 Å². The molecular weight excluding hydrogens is 206 g/mol. The number of likely N-dealkylation sites (N-methyl/N-ethyl adjacent to an activating group) is 1. The molecule has 0 rings (SSSR count). The summed E-state index contributed by atoms with van der Waals surface area (Å²) in [4.78, 5) is 23.3. The average molecular weight is 222 g/mol. The van der Waals surface area contributed by atoms with Gasteiger partial charge >= 0.3 is 5.97 Å². The molecule has 0 bridgehead atoms. The zero-order chi connectivity index (χ0) is 11.1. The number of hydrogen-bond donors (Lipinski definition) is 0. The van der Waals surface area contributed by atoms with E-state index in [1.54, 1.807) is 4.90 Å². The minimum atomic E-state index is -0.419. The van der Waals surface area contributed by atoms with Gasteiger partial charge in [-0.1, -0.05) is 0 Å². The lowest BCUT2D eigenvalue weighted by Gasteiger charge is -2.23. The van der Waals surface area contributed by atoms with E-state index in [4.69, 9.17) is 16.3 Å². The van der Waals surface area contributed by atoms with Crippen molar-refractivity contribution >= 4 is 23.5 Å². The number of amides is 1. The summed E-state index contributed by atoms with van der Waals surface area (Å²) in [6.07, 6.45) is -0.419. The lowest BCUT2D eigenvalue weighted by Crippen LogP contribution is -2.38. The molecule has 0 aromatic rings. The first-order valence-corrected chi connectivity index (χ1v) is 5.03. The van der Waals surface area contributed by atoms with Crippen LogP contribution in [0, 0.1) is 0 Å². The van der Waals surface area contributed by atoms with Gasteiger partial charge in [0, 0.05) is 20.4 Å². The second kappa shape index (κ2) is 6.65. The highest BCUT2D eigenvalue weighted by Crippen LogP contribution is 2.01. The van der Waals surface area contributed by atoms with Crippen LogP contribution in [0.25, 0.3) is 0 Å². The van der Waals surface area contributed by atoms with Crippen LogP contribution in [0.15, 0.2) is 0 Å². The summed E-state index contributed by atoms with van der Waals surface area (Å²) >= 11 is 5.60. The fourth-order valence-electron chi connectivity index (χ4n) is 1.08. The van der Waals surface area contributed by atoms with Gasteiger partial charge in [0.05, 0.1) is 12.4 Å². The van der Waals surface area contributed by atoms with E-state index in [9.17, 15) is 9.59 Å². The number of halogens is 1. The molecule has 0 aromatic carbocycles. The van der Waals surface area contributed by atoms with Crippen molar-refractivity contribution in [2.45, 2.75) is 26.9 Å². The van der Waals surface area contributed by atoms with Gasteiger partial charge in [-0.05, 0) is 6.92 Å². The summed E-state index contributed by atoms with van der Waals surface area (Å²) in [5.74, 6) is -0.228. The first-order valence-electron chi connectivity index (χ1n) is 4.50. The molecule has 0 spiro atoms. The van der Waals surface area contributed by atoms with Gasteiger partial charge in [-0.15, -0.1) is 11.6 Å².